The minimum atomic E-state index is -0.149. The Morgan fingerprint density at radius 3 is 2.79 bits per heavy atom. The summed E-state index contributed by atoms with van der Waals surface area (Å²) in [5.74, 6) is -0.149. The van der Waals surface area contributed by atoms with E-state index in [4.69, 9.17) is 4.74 Å². The Labute approximate surface area is 146 Å². The number of thiazole rings is 1. The molecule has 1 saturated heterocycles. The second-order valence-corrected chi connectivity index (χ2v) is 6.62. The highest BCUT2D eigenvalue weighted by molar-refractivity contribution is 7.16. The third-order valence-corrected chi connectivity index (χ3v) is 4.72. The van der Waals surface area contributed by atoms with E-state index in [9.17, 15) is 4.79 Å². The van der Waals surface area contributed by atoms with Gasteiger partial charge in [-0.15, -0.1) is 0 Å². The highest BCUT2D eigenvalue weighted by Gasteiger charge is 2.18. The smallest absolute Gasteiger partial charge is 0.249 e. The fourth-order valence-electron chi connectivity index (χ4n) is 2.59. The van der Waals surface area contributed by atoms with E-state index in [0.717, 1.165) is 44.1 Å². The van der Waals surface area contributed by atoms with Crippen molar-refractivity contribution in [2.45, 2.75) is 13.5 Å². The van der Waals surface area contributed by atoms with Crippen LogP contribution in [-0.2, 0) is 16.1 Å². The largest absolute Gasteiger partial charge is 0.379 e. The van der Waals surface area contributed by atoms with Crippen molar-refractivity contribution in [2.75, 3.05) is 31.6 Å². The van der Waals surface area contributed by atoms with Crippen molar-refractivity contribution < 1.29 is 9.53 Å². The number of nitrogens with one attached hydrogen (secondary N) is 1. The van der Waals surface area contributed by atoms with Gasteiger partial charge in [0.25, 0.3) is 0 Å². The van der Waals surface area contributed by atoms with Gasteiger partial charge in [0.1, 0.15) is 0 Å². The number of hydrogen-bond acceptors (Lipinski definition) is 5. The highest BCUT2D eigenvalue weighted by Crippen LogP contribution is 2.32. The fraction of sp³-hybridized carbons (Fsp3) is 0.333. The van der Waals surface area contributed by atoms with E-state index in [2.05, 4.69) is 27.3 Å². The Morgan fingerprint density at radius 2 is 2.08 bits per heavy atom. The van der Waals surface area contributed by atoms with Gasteiger partial charge in [0.05, 0.1) is 18.9 Å². The Kier molecular flexibility index (Phi) is 5.74. The molecular formula is C18H21N3O2S. The summed E-state index contributed by atoms with van der Waals surface area (Å²) in [5, 5.41) is 3.49. The number of carbonyl (C=O) groups excluding carboxylic acids is 1. The summed E-state index contributed by atoms with van der Waals surface area (Å²) in [5.41, 5.74) is 2.02. The molecule has 24 heavy (non-hydrogen) atoms. The lowest BCUT2D eigenvalue weighted by Gasteiger charge is -2.26. The maximum absolute atomic E-state index is 11.8. The van der Waals surface area contributed by atoms with Crippen LogP contribution >= 0.6 is 11.3 Å². The molecule has 0 radical (unpaired) electrons. The van der Waals surface area contributed by atoms with E-state index < -0.39 is 0 Å². The van der Waals surface area contributed by atoms with Gasteiger partial charge in [0, 0.05) is 30.1 Å². The zero-order chi connectivity index (χ0) is 16.8. The average molecular weight is 343 g/mol. The lowest BCUT2D eigenvalue weighted by Crippen LogP contribution is -2.35. The van der Waals surface area contributed by atoms with Crippen LogP contribution in [0.25, 0.3) is 11.3 Å². The Hall–Kier alpha value is -2.02. The van der Waals surface area contributed by atoms with Crippen molar-refractivity contribution in [1.29, 1.82) is 0 Å². The summed E-state index contributed by atoms with van der Waals surface area (Å²) in [6.07, 6.45) is 3.22. The summed E-state index contributed by atoms with van der Waals surface area (Å²) in [6.45, 7) is 6.03. The second-order valence-electron chi connectivity index (χ2n) is 5.53. The molecule has 5 nitrogen and oxygen atoms in total. The summed E-state index contributed by atoms with van der Waals surface area (Å²) in [7, 11) is 0. The molecule has 1 fully saturated rings. The van der Waals surface area contributed by atoms with E-state index in [0.29, 0.717) is 5.13 Å². The first-order valence-corrected chi connectivity index (χ1v) is 8.87. The summed E-state index contributed by atoms with van der Waals surface area (Å²) in [4.78, 5) is 20.0. The molecule has 2 heterocycles. The number of benzene rings is 1. The molecule has 3 rings (SSSR count). The molecule has 0 bridgehead atoms. The van der Waals surface area contributed by atoms with E-state index in [-0.39, 0.29) is 5.91 Å². The van der Waals surface area contributed by atoms with Crippen molar-refractivity contribution >= 4 is 22.4 Å². The van der Waals surface area contributed by atoms with Gasteiger partial charge in [-0.2, -0.15) is 0 Å². The van der Waals surface area contributed by atoms with E-state index in [1.807, 2.05) is 25.1 Å². The van der Waals surface area contributed by atoms with Crippen LogP contribution < -0.4 is 5.32 Å². The molecule has 0 spiro atoms. The summed E-state index contributed by atoms with van der Waals surface area (Å²) >= 11 is 1.54. The van der Waals surface area contributed by atoms with Crippen LogP contribution in [0.3, 0.4) is 0 Å². The van der Waals surface area contributed by atoms with E-state index >= 15 is 0 Å². The van der Waals surface area contributed by atoms with Crippen molar-refractivity contribution in [2.24, 2.45) is 0 Å². The van der Waals surface area contributed by atoms with Gasteiger partial charge in [-0.3, -0.25) is 15.0 Å². The number of hydrogen-bond donors (Lipinski definition) is 1. The molecule has 1 aliphatic heterocycles. The normalized spacial score (nSPS) is 15.7. The zero-order valence-electron chi connectivity index (χ0n) is 13.7. The summed E-state index contributed by atoms with van der Waals surface area (Å²) < 4.78 is 5.42. The molecule has 0 aliphatic carbocycles. The van der Waals surface area contributed by atoms with E-state index in [1.165, 1.54) is 11.0 Å². The fourth-order valence-corrected chi connectivity index (χ4v) is 3.62. The number of amides is 1. The minimum absolute atomic E-state index is 0.149. The number of rotatable bonds is 5. The standard InChI is InChI=1S/C18H21N3O2S/c1-2-6-16(22)19-18-20-17(14-7-4-3-5-8-14)15(24-18)13-21-9-11-23-12-10-21/h2-8H,9-13H2,1H3,(H,19,20,22)/b6-2+. The first-order valence-electron chi connectivity index (χ1n) is 8.05. The number of allylic oxidation sites excluding steroid dienone is 1. The van der Waals surface area contributed by atoms with Crippen molar-refractivity contribution in [3.05, 3.63) is 47.4 Å². The number of carbonyl (C=O) groups is 1. The average Bonchev–Trinajstić information content (AvgIpc) is 2.99. The molecule has 1 aliphatic rings. The van der Waals surface area contributed by atoms with Crippen molar-refractivity contribution in [3.8, 4) is 11.3 Å². The van der Waals surface area contributed by atoms with Gasteiger partial charge in [-0.05, 0) is 13.0 Å². The first-order chi connectivity index (χ1) is 11.8. The van der Waals surface area contributed by atoms with Crippen molar-refractivity contribution in [1.82, 2.24) is 9.88 Å². The van der Waals surface area contributed by atoms with Crippen LogP contribution in [-0.4, -0.2) is 42.1 Å². The molecule has 0 saturated carbocycles. The molecule has 1 aromatic heterocycles. The highest BCUT2D eigenvalue weighted by atomic mass is 32.1. The number of nitrogens with zero attached hydrogens (tertiary/aromatic N) is 2. The lowest BCUT2D eigenvalue weighted by molar-refractivity contribution is -0.111. The summed E-state index contributed by atoms with van der Waals surface area (Å²) in [6, 6.07) is 10.1. The molecule has 1 aromatic carbocycles. The van der Waals surface area contributed by atoms with Crippen LogP contribution in [0, 0.1) is 0 Å². The monoisotopic (exact) mass is 343 g/mol. The van der Waals surface area contributed by atoms with Gasteiger partial charge in [0.2, 0.25) is 5.91 Å². The maximum atomic E-state index is 11.8. The predicted molar refractivity (Wildman–Crippen MR) is 97.1 cm³/mol. The molecule has 0 atom stereocenters. The Morgan fingerprint density at radius 1 is 1.33 bits per heavy atom. The number of aromatic nitrogens is 1. The van der Waals surface area contributed by atoms with Crippen LogP contribution in [0.5, 0.6) is 0 Å². The minimum Gasteiger partial charge on any atom is -0.379 e. The molecular weight excluding hydrogens is 322 g/mol. The molecule has 126 valence electrons. The van der Waals surface area contributed by atoms with Crippen LogP contribution in [0.2, 0.25) is 0 Å². The number of ether oxygens (including phenoxy) is 1. The lowest BCUT2D eigenvalue weighted by atomic mass is 10.1. The van der Waals surface area contributed by atoms with Gasteiger partial charge < -0.3 is 4.74 Å². The molecule has 1 N–H and O–H groups in total. The molecule has 1 amide bonds. The van der Waals surface area contributed by atoms with Gasteiger partial charge in [-0.25, -0.2) is 4.98 Å². The Bertz CT molecular complexity index is 706. The van der Waals surface area contributed by atoms with Gasteiger partial charge in [-0.1, -0.05) is 47.7 Å². The Balaban J connectivity index is 1.86. The second kappa shape index (κ2) is 8.19. The molecule has 0 unspecified atom stereocenters. The number of morpholine rings is 1. The maximum Gasteiger partial charge on any atom is 0.249 e. The van der Waals surface area contributed by atoms with Crippen LogP contribution in [0.15, 0.2) is 42.5 Å². The molecule has 6 heteroatoms. The van der Waals surface area contributed by atoms with Gasteiger partial charge in [0.15, 0.2) is 5.13 Å². The quantitative estimate of drug-likeness (QED) is 0.848. The topological polar surface area (TPSA) is 54.5 Å². The third-order valence-electron chi connectivity index (χ3n) is 3.76. The van der Waals surface area contributed by atoms with Gasteiger partial charge >= 0.3 is 0 Å². The zero-order valence-corrected chi connectivity index (χ0v) is 14.5. The predicted octanol–water partition coefficient (Wildman–Crippen LogP) is 3.16. The number of anilines is 1. The molecule has 2 aromatic rings. The van der Waals surface area contributed by atoms with Crippen LogP contribution in [0.1, 0.15) is 11.8 Å². The first kappa shape index (κ1) is 16.8. The van der Waals surface area contributed by atoms with Crippen molar-refractivity contribution in [3.63, 3.8) is 0 Å². The van der Waals surface area contributed by atoms with E-state index in [1.54, 1.807) is 17.4 Å². The SMILES string of the molecule is C/C=C/C(=O)Nc1nc(-c2ccccc2)c(CN2CCOCC2)s1. The van der Waals surface area contributed by atoms with Crippen LogP contribution in [0.4, 0.5) is 5.13 Å². The third kappa shape index (κ3) is 4.29.